The van der Waals surface area contributed by atoms with Gasteiger partial charge in [-0.25, -0.2) is 0 Å². The Labute approximate surface area is 152 Å². The third kappa shape index (κ3) is 5.57. The van der Waals surface area contributed by atoms with Gasteiger partial charge in [0.1, 0.15) is 0 Å². The fourth-order valence-electron chi connectivity index (χ4n) is 1.87. The van der Waals surface area contributed by atoms with E-state index in [1.165, 1.54) is 23.1 Å². The van der Waals surface area contributed by atoms with Crippen LogP contribution in [-0.4, -0.2) is 33.8 Å². The van der Waals surface area contributed by atoms with E-state index in [4.69, 9.17) is 4.74 Å². The maximum Gasteiger partial charge on any atom is 0.210 e. The molecule has 0 amide bonds. The molecule has 24 heavy (non-hydrogen) atoms. The Bertz CT molecular complexity index is 719. The average molecular weight is 380 g/mol. The number of nitrogens with one attached hydrogen (secondary N) is 1. The van der Waals surface area contributed by atoms with Crippen LogP contribution in [0.5, 0.6) is 0 Å². The lowest BCUT2D eigenvalue weighted by atomic mass is 10.3. The highest BCUT2D eigenvalue weighted by molar-refractivity contribution is 8.01. The number of aliphatic hydroxyl groups is 1. The fraction of sp³-hybridized carbons (Fsp3) is 0.250. The Balaban J connectivity index is 1.38. The van der Waals surface area contributed by atoms with E-state index in [0.29, 0.717) is 19.0 Å². The molecule has 3 aromatic rings. The maximum absolute atomic E-state index is 9.98. The number of aliphatic hydroxyl groups excluding tert-OH is 1. The molecule has 0 spiro atoms. The molecule has 2 N–H and O–H groups in total. The first kappa shape index (κ1) is 17.4. The van der Waals surface area contributed by atoms with E-state index in [0.717, 1.165) is 20.0 Å². The van der Waals surface area contributed by atoms with Crippen molar-refractivity contribution in [2.45, 2.75) is 17.1 Å². The number of hydrogen-bond donors (Lipinski definition) is 2. The number of aromatic nitrogens is 2. The molecule has 8 heteroatoms. The third-order valence-corrected chi connectivity index (χ3v) is 5.93. The zero-order valence-corrected chi connectivity index (χ0v) is 15.2. The van der Waals surface area contributed by atoms with Gasteiger partial charge in [-0.3, -0.25) is 0 Å². The lowest BCUT2D eigenvalue weighted by Gasteiger charge is -2.09. The van der Waals surface area contributed by atoms with E-state index in [-0.39, 0.29) is 0 Å². The van der Waals surface area contributed by atoms with Gasteiger partial charge in [0.05, 0.1) is 19.3 Å². The number of thiophene rings is 1. The summed E-state index contributed by atoms with van der Waals surface area (Å²) in [5.74, 6) is 0.532. The lowest BCUT2D eigenvalue weighted by Crippen LogP contribution is -2.17. The predicted octanol–water partition coefficient (Wildman–Crippen LogP) is 4.01. The standard InChI is InChI=1S/C16H17N3O2S3/c20-13(9-21-10-14-7-4-8-22-14)11-23-16-19-18-15(24-16)17-12-5-2-1-3-6-12/h1-8,13,20H,9-11H2,(H,17,18)/t13-/m1/s1. The highest BCUT2D eigenvalue weighted by Gasteiger charge is 2.10. The molecule has 0 fully saturated rings. The number of hydrogen-bond acceptors (Lipinski definition) is 8. The second-order valence-corrected chi connectivity index (χ2v) is 8.20. The minimum absolute atomic E-state index is 0.318. The largest absolute Gasteiger partial charge is 0.390 e. The highest BCUT2D eigenvalue weighted by Crippen LogP contribution is 2.28. The Morgan fingerprint density at radius 3 is 2.83 bits per heavy atom. The molecule has 1 atom stereocenters. The molecule has 2 aromatic heterocycles. The monoisotopic (exact) mass is 379 g/mol. The van der Waals surface area contributed by atoms with Gasteiger partial charge in [0, 0.05) is 16.3 Å². The summed E-state index contributed by atoms with van der Waals surface area (Å²) in [5, 5.41) is 24.2. The van der Waals surface area contributed by atoms with Crippen molar-refractivity contribution in [3.8, 4) is 0 Å². The Kier molecular flexibility index (Phi) is 6.62. The molecule has 126 valence electrons. The summed E-state index contributed by atoms with van der Waals surface area (Å²) in [5.41, 5.74) is 0.979. The highest BCUT2D eigenvalue weighted by atomic mass is 32.2. The normalized spacial score (nSPS) is 12.2. The van der Waals surface area contributed by atoms with Gasteiger partial charge in [0.15, 0.2) is 4.34 Å². The molecule has 3 rings (SSSR count). The smallest absolute Gasteiger partial charge is 0.210 e. The van der Waals surface area contributed by atoms with Gasteiger partial charge in [-0.15, -0.1) is 21.5 Å². The molecule has 1 aromatic carbocycles. The van der Waals surface area contributed by atoms with Crippen molar-refractivity contribution in [3.05, 3.63) is 52.7 Å². The molecule has 0 saturated carbocycles. The molecule has 0 radical (unpaired) electrons. The van der Waals surface area contributed by atoms with Gasteiger partial charge in [-0.2, -0.15) is 0 Å². The summed E-state index contributed by atoms with van der Waals surface area (Å²) in [7, 11) is 0. The van der Waals surface area contributed by atoms with Crippen LogP contribution in [0.4, 0.5) is 10.8 Å². The van der Waals surface area contributed by atoms with Crippen molar-refractivity contribution in [2.24, 2.45) is 0 Å². The van der Waals surface area contributed by atoms with Crippen LogP contribution in [0.2, 0.25) is 0 Å². The summed E-state index contributed by atoms with van der Waals surface area (Å²) < 4.78 is 6.34. The SMILES string of the molecule is O[C@H](COCc1cccs1)CSc1nnc(Nc2ccccc2)s1. The van der Waals surface area contributed by atoms with Crippen molar-refractivity contribution in [3.63, 3.8) is 0 Å². The van der Waals surface area contributed by atoms with Gasteiger partial charge < -0.3 is 15.2 Å². The summed E-state index contributed by atoms with van der Waals surface area (Å²) in [6.45, 7) is 0.863. The van der Waals surface area contributed by atoms with Crippen LogP contribution in [0.15, 0.2) is 52.2 Å². The molecule has 0 unspecified atom stereocenters. The first-order valence-electron chi connectivity index (χ1n) is 7.36. The van der Waals surface area contributed by atoms with Crippen molar-refractivity contribution in [1.29, 1.82) is 0 Å². The van der Waals surface area contributed by atoms with E-state index < -0.39 is 6.10 Å². The lowest BCUT2D eigenvalue weighted by molar-refractivity contribution is 0.0409. The predicted molar refractivity (Wildman–Crippen MR) is 100 cm³/mol. The zero-order chi connectivity index (χ0) is 16.6. The third-order valence-electron chi connectivity index (χ3n) is 2.97. The van der Waals surface area contributed by atoms with Crippen LogP contribution < -0.4 is 5.32 Å². The van der Waals surface area contributed by atoms with Gasteiger partial charge in [0.2, 0.25) is 5.13 Å². The maximum atomic E-state index is 9.98. The van der Waals surface area contributed by atoms with E-state index in [9.17, 15) is 5.11 Å². The first-order chi connectivity index (χ1) is 11.8. The molecular weight excluding hydrogens is 362 g/mol. The summed E-state index contributed by atoms with van der Waals surface area (Å²) in [6.07, 6.45) is -0.524. The van der Waals surface area contributed by atoms with Crippen LogP contribution in [-0.2, 0) is 11.3 Å². The average Bonchev–Trinajstić information content (AvgIpc) is 3.26. The second-order valence-electron chi connectivity index (χ2n) is 4.92. The molecule has 0 aliphatic carbocycles. The molecule has 0 saturated heterocycles. The summed E-state index contributed by atoms with van der Waals surface area (Å²) >= 11 is 4.61. The number of thioether (sulfide) groups is 1. The first-order valence-corrected chi connectivity index (χ1v) is 10.0. The van der Waals surface area contributed by atoms with Crippen molar-refractivity contribution >= 4 is 45.3 Å². The number of ether oxygens (including phenoxy) is 1. The number of para-hydroxylation sites is 1. The van der Waals surface area contributed by atoms with Crippen LogP contribution in [0.25, 0.3) is 0 Å². The van der Waals surface area contributed by atoms with Crippen LogP contribution >= 0.6 is 34.4 Å². The van der Waals surface area contributed by atoms with Crippen LogP contribution in [0.1, 0.15) is 4.88 Å². The minimum atomic E-state index is -0.524. The fourth-order valence-corrected chi connectivity index (χ4v) is 4.21. The molecule has 0 aliphatic heterocycles. The van der Waals surface area contributed by atoms with E-state index in [1.54, 1.807) is 11.3 Å². The van der Waals surface area contributed by atoms with Gasteiger partial charge >= 0.3 is 0 Å². The molecule has 0 aliphatic rings. The molecule has 5 nitrogen and oxygen atoms in total. The minimum Gasteiger partial charge on any atom is -0.390 e. The Morgan fingerprint density at radius 1 is 1.17 bits per heavy atom. The molecular formula is C16H17N3O2S3. The van der Waals surface area contributed by atoms with Crippen LogP contribution in [0, 0.1) is 0 Å². The zero-order valence-electron chi connectivity index (χ0n) is 12.8. The molecule has 2 heterocycles. The summed E-state index contributed by atoms with van der Waals surface area (Å²) in [6, 6.07) is 13.9. The van der Waals surface area contributed by atoms with Crippen molar-refractivity contribution in [2.75, 3.05) is 17.7 Å². The number of benzene rings is 1. The topological polar surface area (TPSA) is 67.3 Å². The van der Waals surface area contributed by atoms with E-state index in [1.807, 2.05) is 47.8 Å². The van der Waals surface area contributed by atoms with E-state index in [2.05, 4.69) is 15.5 Å². The Morgan fingerprint density at radius 2 is 2.04 bits per heavy atom. The number of anilines is 2. The van der Waals surface area contributed by atoms with Crippen molar-refractivity contribution in [1.82, 2.24) is 10.2 Å². The Hall–Kier alpha value is -1.45. The molecule has 0 bridgehead atoms. The van der Waals surface area contributed by atoms with Gasteiger partial charge in [-0.1, -0.05) is 47.4 Å². The number of rotatable bonds is 9. The van der Waals surface area contributed by atoms with Gasteiger partial charge in [-0.05, 0) is 23.6 Å². The van der Waals surface area contributed by atoms with Crippen molar-refractivity contribution < 1.29 is 9.84 Å². The van der Waals surface area contributed by atoms with Crippen LogP contribution in [0.3, 0.4) is 0 Å². The number of nitrogens with zero attached hydrogens (tertiary/aromatic N) is 2. The quantitative estimate of drug-likeness (QED) is 0.548. The summed E-state index contributed by atoms with van der Waals surface area (Å²) in [4.78, 5) is 1.16. The second kappa shape index (κ2) is 9.14. The van der Waals surface area contributed by atoms with Gasteiger partial charge in [0.25, 0.3) is 0 Å². The van der Waals surface area contributed by atoms with E-state index >= 15 is 0 Å².